The summed E-state index contributed by atoms with van der Waals surface area (Å²) in [6.07, 6.45) is 1.82. The lowest BCUT2D eigenvalue weighted by Gasteiger charge is -2.34. The molecule has 1 aromatic carbocycles. The summed E-state index contributed by atoms with van der Waals surface area (Å²) in [5.41, 5.74) is 9.05. The summed E-state index contributed by atoms with van der Waals surface area (Å²) < 4.78 is 7.02. The SMILES string of the molecule is CN1CCN(C(=N)n2cc(-c3ccc4nc(N)oc4c3)ccc2=N)CC1. The number of benzene rings is 1. The molecule has 0 spiro atoms. The van der Waals surface area contributed by atoms with E-state index in [1.807, 2.05) is 35.4 Å². The molecule has 0 aliphatic carbocycles. The third-order valence-corrected chi connectivity index (χ3v) is 4.72. The maximum absolute atomic E-state index is 8.53. The minimum atomic E-state index is 0.144. The van der Waals surface area contributed by atoms with Crippen molar-refractivity contribution < 1.29 is 4.42 Å². The Bertz CT molecular complexity index is 1030. The van der Waals surface area contributed by atoms with Crippen LogP contribution in [0.25, 0.3) is 22.2 Å². The van der Waals surface area contributed by atoms with Gasteiger partial charge in [-0.1, -0.05) is 6.07 Å². The number of rotatable bonds is 1. The van der Waals surface area contributed by atoms with Gasteiger partial charge in [0.1, 0.15) is 11.0 Å². The number of aromatic nitrogens is 2. The van der Waals surface area contributed by atoms with E-state index in [1.165, 1.54) is 0 Å². The molecule has 3 heterocycles. The Balaban J connectivity index is 1.68. The normalized spacial score (nSPS) is 15.5. The Morgan fingerprint density at radius 3 is 2.62 bits per heavy atom. The van der Waals surface area contributed by atoms with Crippen molar-refractivity contribution in [1.29, 1.82) is 10.8 Å². The zero-order chi connectivity index (χ0) is 18.3. The minimum Gasteiger partial charge on any atom is -0.424 e. The Kier molecular flexibility index (Phi) is 3.96. The van der Waals surface area contributed by atoms with Crippen LogP contribution in [-0.2, 0) is 0 Å². The number of piperazine rings is 1. The first-order valence-corrected chi connectivity index (χ1v) is 8.47. The number of likely N-dealkylation sites (N-methyl/N-ethyl adjacent to an activating group) is 1. The van der Waals surface area contributed by atoms with Crippen molar-refractivity contribution in [1.82, 2.24) is 19.4 Å². The molecular weight excluding hydrogens is 330 g/mol. The summed E-state index contributed by atoms with van der Waals surface area (Å²) in [6, 6.07) is 9.39. The number of nitrogen functional groups attached to an aromatic ring is 1. The fourth-order valence-electron chi connectivity index (χ4n) is 3.14. The lowest BCUT2D eigenvalue weighted by Crippen LogP contribution is -2.50. The zero-order valence-electron chi connectivity index (χ0n) is 14.6. The Labute approximate surface area is 150 Å². The first kappa shape index (κ1) is 16.3. The summed E-state index contributed by atoms with van der Waals surface area (Å²) in [6.45, 7) is 3.41. The first-order valence-electron chi connectivity index (χ1n) is 8.47. The van der Waals surface area contributed by atoms with Crippen molar-refractivity contribution >= 4 is 23.1 Å². The molecule has 0 amide bonds. The van der Waals surface area contributed by atoms with E-state index >= 15 is 0 Å². The number of anilines is 1. The van der Waals surface area contributed by atoms with Gasteiger partial charge in [0.15, 0.2) is 5.58 Å². The van der Waals surface area contributed by atoms with Crippen LogP contribution in [0.5, 0.6) is 0 Å². The standard InChI is InChI=1S/C18H21N7O/c1-23-6-8-24(9-7-23)18(21)25-11-13(3-5-16(25)19)12-2-4-14-15(10-12)26-17(20)22-14/h2-5,10-11,19,21H,6-9H2,1H3,(H2,20,22). The molecule has 4 rings (SSSR count). The number of hydrogen-bond donors (Lipinski definition) is 3. The number of hydrogen-bond acceptors (Lipinski definition) is 6. The van der Waals surface area contributed by atoms with Crippen molar-refractivity contribution in [3.05, 3.63) is 42.0 Å². The predicted molar refractivity (Wildman–Crippen MR) is 99.9 cm³/mol. The number of nitrogens with zero attached hydrogens (tertiary/aromatic N) is 4. The van der Waals surface area contributed by atoms with Gasteiger partial charge in [-0.2, -0.15) is 4.98 Å². The number of nitrogens with one attached hydrogen (secondary N) is 2. The van der Waals surface area contributed by atoms with Crippen LogP contribution < -0.4 is 11.2 Å². The zero-order valence-corrected chi connectivity index (χ0v) is 14.6. The molecule has 134 valence electrons. The Hall–Kier alpha value is -3.13. The van der Waals surface area contributed by atoms with Crippen LogP contribution in [0.1, 0.15) is 0 Å². The van der Waals surface area contributed by atoms with Gasteiger partial charge in [0.05, 0.1) is 0 Å². The molecule has 26 heavy (non-hydrogen) atoms. The molecule has 8 nitrogen and oxygen atoms in total. The summed E-state index contributed by atoms with van der Waals surface area (Å²) in [5.74, 6) is 0.329. The van der Waals surface area contributed by atoms with E-state index < -0.39 is 0 Å². The molecular formula is C18H21N7O. The summed E-state index contributed by atoms with van der Waals surface area (Å²) in [4.78, 5) is 8.35. The average Bonchev–Trinajstić information content (AvgIpc) is 3.01. The summed E-state index contributed by atoms with van der Waals surface area (Å²) in [7, 11) is 2.08. The van der Waals surface area contributed by atoms with Crippen LogP contribution in [0.2, 0.25) is 0 Å². The molecule has 3 aromatic rings. The van der Waals surface area contributed by atoms with Crippen molar-refractivity contribution in [3.8, 4) is 11.1 Å². The largest absolute Gasteiger partial charge is 0.424 e. The van der Waals surface area contributed by atoms with E-state index in [0.717, 1.165) is 37.3 Å². The summed E-state index contributed by atoms with van der Waals surface area (Å²) in [5, 5.41) is 16.7. The van der Waals surface area contributed by atoms with Crippen molar-refractivity contribution in [2.45, 2.75) is 0 Å². The molecule has 0 atom stereocenters. The third kappa shape index (κ3) is 2.95. The second kappa shape index (κ2) is 6.30. The van der Waals surface area contributed by atoms with Crippen LogP contribution in [-0.4, -0.2) is 58.5 Å². The van der Waals surface area contributed by atoms with E-state index in [9.17, 15) is 0 Å². The Morgan fingerprint density at radius 2 is 1.85 bits per heavy atom. The molecule has 1 fully saturated rings. The van der Waals surface area contributed by atoms with Gasteiger partial charge >= 0.3 is 0 Å². The van der Waals surface area contributed by atoms with Gasteiger partial charge in [-0.3, -0.25) is 15.4 Å². The van der Waals surface area contributed by atoms with E-state index in [2.05, 4.69) is 16.9 Å². The lowest BCUT2D eigenvalue weighted by atomic mass is 10.1. The molecule has 1 aliphatic rings. The molecule has 1 saturated heterocycles. The van der Waals surface area contributed by atoms with Crippen molar-refractivity contribution in [2.75, 3.05) is 39.0 Å². The molecule has 0 unspecified atom stereocenters. The monoisotopic (exact) mass is 351 g/mol. The number of pyridine rings is 1. The van der Waals surface area contributed by atoms with Gasteiger partial charge < -0.3 is 20.0 Å². The molecule has 4 N–H and O–H groups in total. The summed E-state index contributed by atoms with van der Waals surface area (Å²) >= 11 is 0. The molecule has 8 heteroatoms. The van der Waals surface area contributed by atoms with Crippen LogP contribution in [0.3, 0.4) is 0 Å². The number of fused-ring (bicyclic) bond motifs is 1. The predicted octanol–water partition coefficient (Wildman–Crippen LogP) is 1.39. The van der Waals surface area contributed by atoms with Gasteiger partial charge in [0.25, 0.3) is 6.01 Å². The fourth-order valence-corrected chi connectivity index (χ4v) is 3.14. The van der Waals surface area contributed by atoms with Crippen molar-refractivity contribution in [3.63, 3.8) is 0 Å². The van der Waals surface area contributed by atoms with Gasteiger partial charge in [-0.25, -0.2) is 0 Å². The number of oxazole rings is 1. The molecule has 0 bridgehead atoms. The molecule has 2 aromatic heterocycles. The maximum Gasteiger partial charge on any atom is 0.292 e. The van der Waals surface area contributed by atoms with E-state index in [1.54, 1.807) is 10.6 Å². The van der Waals surface area contributed by atoms with Crippen LogP contribution in [0.15, 0.2) is 40.9 Å². The fraction of sp³-hybridized carbons (Fsp3) is 0.278. The quantitative estimate of drug-likeness (QED) is 0.453. The highest BCUT2D eigenvalue weighted by Crippen LogP contribution is 2.25. The molecule has 0 radical (unpaired) electrons. The lowest BCUT2D eigenvalue weighted by molar-refractivity contribution is 0.211. The second-order valence-corrected chi connectivity index (χ2v) is 6.52. The van der Waals surface area contributed by atoms with Gasteiger partial charge in [0, 0.05) is 32.4 Å². The van der Waals surface area contributed by atoms with Gasteiger partial charge in [-0.05, 0) is 42.4 Å². The van der Waals surface area contributed by atoms with Gasteiger partial charge in [-0.15, -0.1) is 0 Å². The maximum atomic E-state index is 8.53. The van der Waals surface area contributed by atoms with Gasteiger partial charge in [0.2, 0.25) is 5.96 Å². The third-order valence-electron chi connectivity index (χ3n) is 4.72. The van der Waals surface area contributed by atoms with E-state index in [0.29, 0.717) is 17.1 Å². The van der Waals surface area contributed by atoms with Crippen LogP contribution in [0, 0.1) is 10.8 Å². The highest BCUT2D eigenvalue weighted by molar-refractivity contribution is 5.83. The van der Waals surface area contributed by atoms with E-state index in [4.69, 9.17) is 21.0 Å². The van der Waals surface area contributed by atoms with Crippen LogP contribution >= 0.6 is 0 Å². The topological polar surface area (TPSA) is 111 Å². The highest BCUT2D eigenvalue weighted by Gasteiger charge is 2.18. The number of nitrogens with two attached hydrogens (primary N) is 1. The second-order valence-electron chi connectivity index (χ2n) is 6.52. The van der Waals surface area contributed by atoms with E-state index in [-0.39, 0.29) is 11.5 Å². The van der Waals surface area contributed by atoms with Crippen LogP contribution in [0.4, 0.5) is 6.01 Å². The van der Waals surface area contributed by atoms with Crippen molar-refractivity contribution in [2.24, 2.45) is 0 Å². The molecule has 0 saturated carbocycles. The molecule has 1 aliphatic heterocycles. The smallest absolute Gasteiger partial charge is 0.292 e. The first-order chi connectivity index (χ1) is 12.5. The Morgan fingerprint density at radius 1 is 1.12 bits per heavy atom. The minimum absolute atomic E-state index is 0.144. The highest BCUT2D eigenvalue weighted by atomic mass is 16.4. The average molecular weight is 351 g/mol.